The molecule has 1 saturated heterocycles. The molecule has 0 aromatic heterocycles. The molecule has 0 atom stereocenters. The van der Waals surface area contributed by atoms with Crippen LogP contribution in [0.5, 0.6) is 0 Å². The van der Waals surface area contributed by atoms with Gasteiger partial charge in [0.25, 0.3) is 5.91 Å². The minimum atomic E-state index is -1.12. The molecule has 1 amide bonds. The molecule has 7 heteroatoms. The van der Waals surface area contributed by atoms with E-state index in [1.807, 2.05) is 30.3 Å². The highest BCUT2D eigenvalue weighted by Crippen LogP contribution is 2.29. The van der Waals surface area contributed by atoms with Gasteiger partial charge in [-0.05, 0) is 23.8 Å². The zero-order chi connectivity index (χ0) is 19.3. The first kappa shape index (κ1) is 19.4. The molecule has 2 aromatic carbocycles. The van der Waals surface area contributed by atoms with Crippen molar-refractivity contribution >= 4 is 29.2 Å². The minimum Gasteiger partial charge on any atom is -0.478 e. The number of carboxylic acids is 1. The summed E-state index contributed by atoms with van der Waals surface area (Å²) < 4.78 is 11.5. The Bertz CT molecular complexity index is 818. The first-order valence-electron chi connectivity index (χ1n) is 8.60. The maximum atomic E-state index is 13.0. The molecule has 0 spiro atoms. The molecule has 2 aromatic rings. The molecule has 0 radical (unpaired) electrons. The van der Waals surface area contributed by atoms with Crippen LogP contribution in [0.1, 0.15) is 28.8 Å². The molecule has 0 saturated carbocycles. The monoisotopic (exact) mass is 389 g/mol. The van der Waals surface area contributed by atoms with Crippen molar-refractivity contribution in [2.45, 2.75) is 25.0 Å². The number of aromatic carboxylic acids is 1. The van der Waals surface area contributed by atoms with Crippen LogP contribution in [0, 0.1) is 0 Å². The van der Waals surface area contributed by atoms with Crippen LogP contribution in [-0.2, 0) is 20.9 Å². The topological polar surface area (TPSA) is 84.9 Å². The van der Waals surface area contributed by atoms with E-state index in [4.69, 9.17) is 26.2 Å². The van der Waals surface area contributed by atoms with Gasteiger partial charge in [-0.25, -0.2) is 4.79 Å². The Morgan fingerprint density at radius 1 is 1.15 bits per heavy atom. The van der Waals surface area contributed by atoms with Crippen LogP contribution in [0.15, 0.2) is 48.5 Å². The molecule has 0 bridgehead atoms. The Hall–Kier alpha value is -2.41. The van der Waals surface area contributed by atoms with Crippen molar-refractivity contribution in [2.24, 2.45) is 0 Å². The summed E-state index contributed by atoms with van der Waals surface area (Å²) in [6.45, 7) is 1.18. The van der Waals surface area contributed by atoms with Crippen molar-refractivity contribution in [1.82, 2.24) is 0 Å². The average molecular weight is 390 g/mol. The lowest BCUT2D eigenvalue weighted by molar-refractivity contribution is -0.158. The zero-order valence-electron chi connectivity index (χ0n) is 14.6. The molecule has 27 heavy (non-hydrogen) atoms. The Labute approximate surface area is 162 Å². The maximum Gasteiger partial charge on any atom is 0.337 e. The largest absolute Gasteiger partial charge is 0.478 e. The standard InChI is InChI=1S/C20H20ClNO5/c21-17-12-15(6-7-16(17)18(23)24)22-19(25)20(8-10-26-11-9-20)27-13-14-4-2-1-3-5-14/h1-7,12H,8-11,13H2,(H,22,25)(H,23,24). The van der Waals surface area contributed by atoms with E-state index in [0.717, 1.165) is 5.56 Å². The number of ether oxygens (including phenoxy) is 2. The van der Waals surface area contributed by atoms with E-state index in [1.165, 1.54) is 18.2 Å². The smallest absolute Gasteiger partial charge is 0.337 e. The van der Waals surface area contributed by atoms with Gasteiger partial charge in [0, 0.05) is 31.7 Å². The second kappa shape index (κ2) is 8.52. The van der Waals surface area contributed by atoms with Gasteiger partial charge in [-0.3, -0.25) is 4.79 Å². The summed E-state index contributed by atoms with van der Waals surface area (Å²) in [6, 6.07) is 13.9. The van der Waals surface area contributed by atoms with Crippen molar-refractivity contribution < 1.29 is 24.2 Å². The predicted octanol–water partition coefficient (Wildman–Crippen LogP) is 3.74. The van der Waals surface area contributed by atoms with Gasteiger partial charge in [0.2, 0.25) is 0 Å². The number of benzene rings is 2. The number of carbonyl (C=O) groups is 2. The number of carboxylic acid groups (broad SMARTS) is 1. The van der Waals surface area contributed by atoms with E-state index in [9.17, 15) is 9.59 Å². The normalized spacial score (nSPS) is 15.9. The minimum absolute atomic E-state index is 0.0178. The Balaban J connectivity index is 1.75. The number of rotatable bonds is 6. The van der Waals surface area contributed by atoms with E-state index in [-0.39, 0.29) is 16.5 Å². The summed E-state index contributed by atoms with van der Waals surface area (Å²) in [7, 11) is 0. The molecule has 1 aliphatic heterocycles. The third kappa shape index (κ3) is 4.66. The molecular weight excluding hydrogens is 370 g/mol. The molecule has 0 unspecified atom stereocenters. The molecule has 142 valence electrons. The third-order valence-corrected chi connectivity index (χ3v) is 4.84. The first-order valence-corrected chi connectivity index (χ1v) is 8.98. The Morgan fingerprint density at radius 3 is 2.48 bits per heavy atom. The fourth-order valence-electron chi connectivity index (χ4n) is 2.95. The number of hydrogen-bond donors (Lipinski definition) is 2. The number of halogens is 1. The van der Waals surface area contributed by atoms with Crippen LogP contribution >= 0.6 is 11.6 Å². The first-order chi connectivity index (χ1) is 13.0. The highest BCUT2D eigenvalue weighted by molar-refractivity contribution is 6.33. The molecule has 0 aliphatic carbocycles. The van der Waals surface area contributed by atoms with Crippen molar-refractivity contribution in [1.29, 1.82) is 0 Å². The molecular formula is C20H20ClNO5. The fraction of sp³-hybridized carbons (Fsp3) is 0.300. The van der Waals surface area contributed by atoms with Gasteiger partial charge >= 0.3 is 5.97 Å². The Kier molecular flexibility index (Phi) is 6.11. The highest BCUT2D eigenvalue weighted by Gasteiger charge is 2.41. The maximum absolute atomic E-state index is 13.0. The number of carbonyl (C=O) groups excluding carboxylic acids is 1. The summed E-state index contributed by atoms with van der Waals surface area (Å²) >= 11 is 5.99. The average Bonchev–Trinajstić information content (AvgIpc) is 2.67. The van der Waals surface area contributed by atoms with Crippen LogP contribution in [0.2, 0.25) is 5.02 Å². The van der Waals surface area contributed by atoms with Gasteiger partial charge in [0.1, 0.15) is 0 Å². The summed E-state index contributed by atoms with van der Waals surface area (Å²) in [6.07, 6.45) is 0.874. The predicted molar refractivity (Wildman–Crippen MR) is 101 cm³/mol. The molecule has 1 aliphatic rings. The van der Waals surface area contributed by atoms with Crippen LogP contribution in [-0.4, -0.2) is 35.8 Å². The zero-order valence-corrected chi connectivity index (χ0v) is 15.4. The molecule has 1 heterocycles. The number of nitrogens with one attached hydrogen (secondary N) is 1. The third-order valence-electron chi connectivity index (χ3n) is 4.53. The summed E-state index contributed by atoms with van der Waals surface area (Å²) in [4.78, 5) is 24.1. The lowest BCUT2D eigenvalue weighted by atomic mass is 9.92. The van der Waals surface area contributed by atoms with E-state index < -0.39 is 11.6 Å². The van der Waals surface area contributed by atoms with Gasteiger partial charge in [-0.15, -0.1) is 0 Å². The highest BCUT2D eigenvalue weighted by atomic mass is 35.5. The number of hydrogen-bond acceptors (Lipinski definition) is 4. The fourth-order valence-corrected chi connectivity index (χ4v) is 3.21. The molecule has 1 fully saturated rings. The van der Waals surface area contributed by atoms with Crippen LogP contribution in [0.4, 0.5) is 5.69 Å². The second-order valence-corrected chi connectivity index (χ2v) is 6.74. The molecule has 3 rings (SSSR count). The van der Waals surface area contributed by atoms with E-state index in [2.05, 4.69) is 5.32 Å². The second-order valence-electron chi connectivity index (χ2n) is 6.33. The molecule has 2 N–H and O–H groups in total. The number of anilines is 1. The lowest BCUT2D eigenvalue weighted by Crippen LogP contribution is -2.49. The van der Waals surface area contributed by atoms with Gasteiger partial charge in [0.15, 0.2) is 5.60 Å². The van der Waals surface area contributed by atoms with Crippen molar-refractivity contribution in [3.8, 4) is 0 Å². The van der Waals surface area contributed by atoms with Gasteiger partial charge in [-0.2, -0.15) is 0 Å². The van der Waals surface area contributed by atoms with Crippen molar-refractivity contribution in [3.63, 3.8) is 0 Å². The quantitative estimate of drug-likeness (QED) is 0.786. The SMILES string of the molecule is O=C(O)c1ccc(NC(=O)C2(OCc3ccccc3)CCOCC2)cc1Cl. The number of amides is 1. The lowest BCUT2D eigenvalue weighted by Gasteiger charge is -2.35. The van der Waals surface area contributed by atoms with E-state index in [0.29, 0.717) is 38.3 Å². The van der Waals surface area contributed by atoms with Crippen molar-refractivity contribution in [3.05, 3.63) is 64.7 Å². The van der Waals surface area contributed by atoms with Crippen LogP contribution < -0.4 is 5.32 Å². The summed E-state index contributed by atoms with van der Waals surface area (Å²) in [5.74, 6) is -1.41. The van der Waals surface area contributed by atoms with Gasteiger partial charge in [0.05, 0.1) is 17.2 Å². The van der Waals surface area contributed by atoms with Crippen molar-refractivity contribution in [2.75, 3.05) is 18.5 Å². The van der Waals surface area contributed by atoms with Crippen LogP contribution in [0.25, 0.3) is 0 Å². The van der Waals surface area contributed by atoms with Crippen LogP contribution in [0.3, 0.4) is 0 Å². The Morgan fingerprint density at radius 2 is 1.85 bits per heavy atom. The van der Waals surface area contributed by atoms with Gasteiger partial charge in [-0.1, -0.05) is 41.9 Å². The summed E-state index contributed by atoms with van der Waals surface area (Å²) in [5.41, 5.74) is 0.372. The van der Waals surface area contributed by atoms with E-state index >= 15 is 0 Å². The summed E-state index contributed by atoms with van der Waals surface area (Å²) in [5, 5.41) is 11.9. The molecule has 6 nitrogen and oxygen atoms in total. The van der Waals surface area contributed by atoms with E-state index in [1.54, 1.807) is 0 Å². The van der Waals surface area contributed by atoms with Gasteiger partial charge < -0.3 is 19.9 Å².